The molecule has 6 heteroatoms. The number of anilines is 1. The van der Waals surface area contributed by atoms with Gasteiger partial charge in [0, 0.05) is 49.3 Å². The van der Waals surface area contributed by atoms with Gasteiger partial charge in [-0.3, -0.25) is 9.78 Å². The zero-order valence-corrected chi connectivity index (χ0v) is 13.4. The minimum absolute atomic E-state index is 0.000598. The highest BCUT2D eigenvalue weighted by Crippen LogP contribution is 2.18. The largest absolute Gasteiger partial charge is 0.484 e. The first-order valence-corrected chi connectivity index (χ1v) is 7.91. The first kappa shape index (κ1) is 15.6. The Kier molecular flexibility index (Phi) is 4.98. The molecule has 2 aromatic rings. The molecule has 1 aromatic heterocycles. The van der Waals surface area contributed by atoms with Crippen molar-refractivity contribution in [3.63, 3.8) is 0 Å². The molecule has 1 saturated heterocycles. The van der Waals surface area contributed by atoms with Crippen molar-refractivity contribution in [1.82, 2.24) is 9.88 Å². The number of nitrogens with zero attached hydrogens (tertiary/aromatic N) is 3. The lowest BCUT2D eigenvalue weighted by atomic mass is 10.2. The number of pyridine rings is 1. The number of ether oxygens (including phenoxy) is 1. The van der Waals surface area contributed by atoms with Crippen molar-refractivity contribution in [3.05, 3.63) is 53.8 Å². The van der Waals surface area contributed by atoms with Crippen molar-refractivity contribution in [1.29, 1.82) is 0 Å². The first-order valence-electron chi connectivity index (χ1n) is 7.53. The summed E-state index contributed by atoms with van der Waals surface area (Å²) in [6.45, 7) is 3.05. The molecule has 5 nitrogen and oxygen atoms in total. The van der Waals surface area contributed by atoms with Crippen molar-refractivity contribution in [2.24, 2.45) is 0 Å². The van der Waals surface area contributed by atoms with E-state index in [4.69, 9.17) is 16.3 Å². The summed E-state index contributed by atoms with van der Waals surface area (Å²) in [5, 5.41) is 0.598. The maximum absolute atomic E-state index is 12.2. The number of carbonyl (C=O) groups excluding carboxylic acids is 1. The molecule has 23 heavy (non-hydrogen) atoms. The van der Waals surface area contributed by atoms with Gasteiger partial charge in [0.1, 0.15) is 5.75 Å². The highest BCUT2D eigenvalue weighted by atomic mass is 35.5. The molecule has 120 valence electrons. The summed E-state index contributed by atoms with van der Waals surface area (Å²) in [6.07, 6.45) is 3.57. The topological polar surface area (TPSA) is 45.7 Å². The third-order valence-electron chi connectivity index (χ3n) is 3.82. The van der Waals surface area contributed by atoms with Gasteiger partial charge >= 0.3 is 0 Å². The number of hydrogen-bond acceptors (Lipinski definition) is 4. The summed E-state index contributed by atoms with van der Waals surface area (Å²) in [5.74, 6) is 0.612. The third-order valence-corrected chi connectivity index (χ3v) is 4.05. The highest BCUT2D eigenvalue weighted by Gasteiger charge is 2.21. The Balaban J connectivity index is 1.48. The second-order valence-corrected chi connectivity index (χ2v) is 5.76. The fourth-order valence-corrected chi connectivity index (χ4v) is 2.74. The normalized spacial score (nSPS) is 14.7. The van der Waals surface area contributed by atoms with E-state index in [9.17, 15) is 4.79 Å². The molecule has 0 radical (unpaired) electrons. The number of piperazine rings is 1. The van der Waals surface area contributed by atoms with Crippen molar-refractivity contribution in [2.45, 2.75) is 0 Å². The number of rotatable bonds is 4. The Bertz CT molecular complexity index is 658. The lowest BCUT2D eigenvalue weighted by Crippen LogP contribution is -2.50. The Morgan fingerprint density at radius 3 is 2.57 bits per heavy atom. The van der Waals surface area contributed by atoms with Crippen LogP contribution < -0.4 is 9.64 Å². The van der Waals surface area contributed by atoms with Crippen LogP contribution in [0.5, 0.6) is 5.75 Å². The van der Waals surface area contributed by atoms with Crippen LogP contribution in [-0.4, -0.2) is 48.6 Å². The van der Waals surface area contributed by atoms with Gasteiger partial charge in [0.15, 0.2) is 6.61 Å². The molecule has 1 amide bonds. The predicted octanol–water partition coefficient (Wildman–Crippen LogP) is 2.46. The smallest absolute Gasteiger partial charge is 0.260 e. The van der Waals surface area contributed by atoms with Crippen LogP contribution in [0.2, 0.25) is 5.02 Å². The molecule has 0 atom stereocenters. The Labute approximate surface area is 140 Å². The second-order valence-electron chi connectivity index (χ2n) is 5.32. The van der Waals surface area contributed by atoms with Gasteiger partial charge in [0.2, 0.25) is 0 Å². The molecule has 0 spiro atoms. The van der Waals surface area contributed by atoms with Gasteiger partial charge in [-0.25, -0.2) is 0 Å². The molecule has 1 fully saturated rings. The predicted molar refractivity (Wildman–Crippen MR) is 90.0 cm³/mol. The minimum Gasteiger partial charge on any atom is -0.484 e. The van der Waals surface area contributed by atoms with Crippen LogP contribution in [0.25, 0.3) is 0 Å². The standard InChI is InChI=1S/C17H18ClN3O2/c18-14-2-1-3-16(12-14)23-13-17(22)21-10-8-20(9-11-21)15-4-6-19-7-5-15/h1-7,12H,8-11,13H2. The van der Waals surface area contributed by atoms with Crippen LogP contribution in [0, 0.1) is 0 Å². The van der Waals surface area contributed by atoms with Crippen molar-refractivity contribution in [3.8, 4) is 5.75 Å². The molecule has 1 aliphatic rings. The summed E-state index contributed by atoms with van der Waals surface area (Å²) < 4.78 is 5.52. The first-order chi connectivity index (χ1) is 11.2. The molecule has 0 aliphatic carbocycles. The summed E-state index contributed by atoms with van der Waals surface area (Å²) in [5.41, 5.74) is 1.14. The van der Waals surface area contributed by atoms with E-state index in [1.807, 2.05) is 17.0 Å². The van der Waals surface area contributed by atoms with Crippen LogP contribution in [0.15, 0.2) is 48.8 Å². The summed E-state index contributed by atoms with van der Waals surface area (Å²) in [7, 11) is 0. The van der Waals surface area contributed by atoms with E-state index < -0.39 is 0 Å². The zero-order valence-electron chi connectivity index (χ0n) is 12.7. The highest BCUT2D eigenvalue weighted by molar-refractivity contribution is 6.30. The van der Waals surface area contributed by atoms with Crippen LogP contribution in [0.1, 0.15) is 0 Å². The molecule has 3 rings (SSSR count). The van der Waals surface area contributed by atoms with Gasteiger partial charge < -0.3 is 14.5 Å². The number of aromatic nitrogens is 1. The van der Waals surface area contributed by atoms with Gasteiger partial charge in [-0.05, 0) is 30.3 Å². The van der Waals surface area contributed by atoms with Gasteiger partial charge in [0.25, 0.3) is 5.91 Å². The Morgan fingerprint density at radius 2 is 1.87 bits per heavy atom. The molecule has 0 N–H and O–H groups in total. The molecule has 2 heterocycles. The summed E-state index contributed by atoms with van der Waals surface area (Å²) in [4.78, 5) is 20.4. The molecule has 0 unspecified atom stereocenters. The fourth-order valence-electron chi connectivity index (χ4n) is 2.56. The summed E-state index contributed by atoms with van der Waals surface area (Å²) in [6, 6.07) is 11.0. The van der Waals surface area contributed by atoms with E-state index in [0.717, 1.165) is 18.8 Å². The molecular weight excluding hydrogens is 314 g/mol. The van der Waals surface area contributed by atoms with Crippen molar-refractivity contribution < 1.29 is 9.53 Å². The SMILES string of the molecule is O=C(COc1cccc(Cl)c1)N1CCN(c2ccncc2)CC1. The van der Waals surface area contributed by atoms with Gasteiger partial charge in [-0.2, -0.15) is 0 Å². The molecule has 1 aliphatic heterocycles. The van der Waals surface area contributed by atoms with Gasteiger partial charge in [-0.1, -0.05) is 17.7 Å². The van der Waals surface area contributed by atoms with Crippen LogP contribution in [-0.2, 0) is 4.79 Å². The monoisotopic (exact) mass is 331 g/mol. The number of amides is 1. The molecule has 0 bridgehead atoms. The van der Waals surface area contributed by atoms with Crippen LogP contribution in [0.3, 0.4) is 0 Å². The number of carbonyl (C=O) groups is 1. The average molecular weight is 332 g/mol. The van der Waals surface area contributed by atoms with E-state index in [-0.39, 0.29) is 12.5 Å². The number of halogens is 1. The second kappa shape index (κ2) is 7.33. The van der Waals surface area contributed by atoms with E-state index in [1.54, 1.807) is 36.7 Å². The molecular formula is C17H18ClN3O2. The molecule has 0 saturated carbocycles. The Hall–Kier alpha value is -2.27. The number of benzene rings is 1. The maximum atomic E-state index is 12.2. The fraction of sp³-hybridized carbons (Fsp3) is 0.294. The Morgan fingerprint density at radius 1 is 1.13 bits per heavy atom. The number of hydrogen-bond donors (Lipinski definition) is 0. The summed E-state index contributed by atoms with van der Waals surface area (Å²) >= 11 is 5.90. The lowest BCUT2D eigenvalue weighted by Gasteiger charge is -2.36. The maximum Gasteiger partial charge on any atom is 0.260 e. The molecule has 1 aromatic carbocycles. The lowest BCUT2D eigenvalue weighted by molar-refractivity contribution is -0.133. The third kappa shape index (κ3) is 4.13. The van der Waals surface area contributed by atoms with E-state index >= 15 is 0 Å². The van der Waals surface area contributed by atoms with E-state index in [1.165, 1.54) is 0 Å². The van der Waals surface area contributed by atoms with Gasteiger partial charge in [0.05, 0.1) is 0 Å². The van der Waals surface area contributed by atoms with E-state index in [2.05, 4.69) is 9.88 Å². The minimum atomic E-state index is -0.000598. The van der Waals surface area contributed by atoms with Crippen molar-refractivity contribution >= 4 is 23.2 Å². The van der Waals surface area contributed by atoms with Crippen LogP contribution in [0.4, 0.5) is 5.69 Å². The van der Waals surface area contributed by atoms with Crippen molar-refractivity contribution in [2.75, 3.05) is 37.7 Å². The van der Waals surface area contributed by atoms with Crippen LogP contribution >= 0.6 is 11.6 Å². The van der Waals surface area contributed by atoms with E-state index in [0.29, 0.717) is 23.9 Å². The quantitative estimate of drug-likeness (QED) is 0.863. The zero-order chi connectivity index (χ0) is 16.1. The van der Waals surface area contributed by atoms with Gasteiger partial charge in [-0.15, -0.1) is 0 Å². The average Bonchev–Trinajstić information content (AvgIpc) is 2.61.